The lowest BCUT2D eigenvalue weighted by atomic mass is 9.84. The molecule has 1 atom stereocenters. The van der Waals surface area contributed by atoms with Gasteiger partial charge in [0.25, 0.3) is 0 Å². The van der Waals surface area contributed by atoms with E-state index >= 15 is 0 Å². The van der Waals surface area contributed by atoms with Gasteiger partial charge in [0.15, 0.2) is 5.76 Å². The molecule has 6 aromatic rings. The lowest BCUT2D eigenvalue weighted by molar-refractivity contribution is 0.530. The van der Waals surface area contributed by atoms with Crippen molar-refractivity contribution in [2.24, 2.45) is 0 Å². The molecule has 0 fully saturated rings. The highest BCUT2D eigenvalue weighted by molar-refractivity contribution is 6.11. The van der Waals surface area contributed by atoms with E-state index < -0.39 is 0 Å². The fourth-order valence-electron chi connectivity index (χ4n) is 10.4. The first-order valence-corrected chi connectivity index (χ1v) is 21.0. The molecule has 276 valence electrons. The predicted octanol–water partition coefficient (Wildman–Crippen LogP) is 14.3. The summed E-state index contributed by atoms with van der Waals surface area (Å²) in [6, 6.07) is 32.4. The average Bonchev–Trinajstić information content (AvgIpc) is 3.94. The molecule has 3 nitrogen and oxygen atoms in total. The fraction of sp³-hybridized carbons (Fsp3) is 0.185. The van der Waals surface area contributed by atoms with Gasteiger partial charge in [-0.15, -0.1) is 0 Å². The van der Waals surface area contributed by atoms with Gasteiger partial charge >= 0.3 is 0 Å². The summed E-state index contributed by atoms with van der Waals surface area (Å²) in [5.74, 6) is 2.38. The fourth-order valence-corrected chi connectivity index (χ4v) is 10.4. The zero-order valence-corrected chi connectivity index (χ0v) is 32.2. The molecule has 0 saturated carbocycles. The van der Waals surface area contributed by atoms with Crippen molar-refractivity contribution in [3.05, 3.63) is 196 Å². The lowest BCUT2D eigenvalue weighted by Gasteiger charge is -2.28. The number of para-hydroxylation sites is 2. The van der Waals surface area contributed by atoms with Crippen LogP contribution in [0.4, 0.5) is 11.4 Å². The minimum Gasteiger partial charge on any atom is -0.455 e. The van der Waals surface area contributed by atoms with Crippen molar-refractivity contribution < 1.29 is 4.42 Å². The van der Waals surface area contributed by atoms with Crippen LogP contribution < -0.4 is 4.90 Å². The second-order valence-corrected chi connectivity index (χ2v) is 16.4. The van der Waals surface area contributed by atoms with Crippen molar-refractivity contribution >= 4 is 61.7 Å². The summed E-state index contributed by atoms with van der Waals surface area (Å²) < 4.78 is 9.12. The van der Waals surface area contributed by atoms with Crippen LogP contribution in [-0.2, 0) is 12.8 Å². The summed E-state index contributed by atoms with van der Waals surface area (Å²) in [6.45, 7) is 0. The predicted molar refractivity (Wildman–Crippen MR) is 238 cm³/mol. The van der Waals surface area contributed by atoms with Crippen molar-refractivity contribution in [1.82, 2.24) is 4.57 Å². The van der Waals surface area contributed by atoms with E-state index in [1.165, 1.54) is 94.7 Å². The molecule has 12 rings (SSSR count). The van der Waals surface area contributed by atoms with E-state index in [-0.39, 0.29) is 5.92 Å². The minimum atomic E-state index is 0.276. The average molecular weight is 737 g/mol. The molecule has 3 heteroatoms. The molecule has 2 aromatic heterocycles. The van der Waals surface area contributed by atoms with E-state index in [4.69, 9.17) is 4.42 Å². The van der Waals surface area contributed by atoms with Crippen molar-refractivity contribution in [1.29, 1.82) is 0 Å². The van der Waals surface area contributed by atoms with Crippen LogP contribution in [0.25, 0.3) is 50.3 Å². The Kier molecular flexibility index (Phi) is 7.58. The second-order valence-electron chi connectivity index (χ2n) is 16.4. The van der Waals surface area contributed by atoms with Crippen LogP contribution in [0, 0.1) is 0 Å². The second kappa shape index (κ2) is 13.1. The highest BCUT2D eigenvalue weighted by atomic mass is 16.3. The Balaban J connectivity index is 0.963. The first kappa shape index (κ1) is 32.9. The van der Waals surface area contributed by atoms with Crippen molar-refractivity contribution in [3.8, 4) is 0 Å². The summed E-state index contributed by atoms with van der Waals surface area (Å²) in [5, 5.41) is 2.57. The topological polar surface area (TPSA) is 21.3 Å². The Bertz CT molecular complexity index is 2890. The number of furan rings is 1. The van der Waals surface area contributed by atoms with Crippen LogP contribution >= 0.6 is 0 Å². The standard InChI is InChI=1S/C54H44N2O/c1-3-14-35(15-4-1)39-30-40(36-16-5-2-6-17-36)32-41(31-39)55-48-22-10-7-18-42(48)46-33-37(26-28-50(46)55)38-27-29-51-47(34-38)43-19-8-11-23-49(43)56(51)52-24-13-21-45-44-20-9-12-25-53(44)57-54(45)52/h3,5,7-8,10-12,14-19,22-32,34,46H,1-2,4,6,9,13,20-21,33H2. The number of benzene rings is 4. The van der Waals surface area contributed by atoms with Crippen molar-refractivity contribution in [3.63, 3.8) is 0 Å². The zero-order chi connectivity index (χ0) is 37.5. The van der Waals surface area contributed by atoms with Crippen molar-refractivity contribution in [2.75, 3.05) is 4.90 Å². The van der Waals surface area contributed by atoms with Crippen LogP contribution in [0.15, 0.2) is 156 Å². The molecular formula is C54H44N2O. The highest BCUT2D eigenvalue weighted by Crippen LogP contribution is 2.53. The molecular weight excluding hydrogens is 693 g/mol. The number of rotatable bonds is 5. The third-order valence-corrected chi connectivity index (χ3v) is 13.1. The zero-order valence-electron chi connectivity index (χ0n) is 32.2. The SMILES string of the molecule is C1=CC(c2cc(C3=CCCC=C3)cc(N3C4=CC=C(c5ccc6c(c5)c5ccccc5n6C5=CCCc6c5oc5c6CCC=C5)CC4c4ccccc43)c2)=CCC1. The van der Waals surface area contributed by atoms with Crippen LogP contribution in [-0.4, -0.2) is 4.57 Å². The third kappa shape index (κ3) is 5.25. The van der Waals surface area contributed by atoms with Gasteiger partial charge in [0.05, 0.1) is 16.7 Å². The molecule has 3 heterocycles. The van der Waals surface area contributed by atoms with Gasteiger partial charge in [0.1, 0.15) is 5.76 Å². The van der Waals surface area contributed by atoms with Gasteiger partial charge in [-0.25, -0.2) is 0 Å². The van der Waals surface area contributed by atoms with Gasteiger partial charge in [-0.1, -0.05) is 97.1 Å². The highest BCUT2D eigenvalue weighted by Gasteiger charge is 2.37. The Hall–Kier alpha value is -6.32. The number of allylic oxidation sites excluding steroid dienone is 14. The summed E-state index contributed by atoms with van der Waals surface area (Å²) in [5.41, 5.74) is 19.7. The van der Waals surface area contributed by atoms with Crippen LogP contribution in [0.1, 0.15) is 95.8 Å². The number of anilines is 2. The summed E-state index contributed by atoms with van der Waals surface area (Å²) >= 11 is 0. The van der Waals surface area contributed by atoms with E-state index in [0.717, 1.165) is 69.3 Å². The maximum absolute atomic E-state index is 6.66. The summed E-state index contributed by atoms with van der Waals surface area (Å²) in [7, 11) is 0. The quantitative estimate of drug-likeness (QED) is 0.176. The van der Waals surface area contributed by atoms with Crippen LogP contribution in [0.5, 0.6) is 0 Å². The molecule has 57 heavy (non-hydrogen) atoms. The van der Waals surface area contributed by atoms with E-state index in [2.05, 4.69) is 161 Å². The molecule has 0 amide bonds. The minimum absolute atomic E-state index is 0.276. The molecule has 0 bridgehead atoms. The molecule has 0 saturated heterocycles. The number of nitrogens with zero attached hydrogens (tertiary/aromatic N) is 2. The van der Waals surface area contributed by atoms with Gasteiger partial charge in [-0.2, -0.15) is 0 Å². The number of hydrogen-bond acceptors (Lipinski definition) is 2. The Morgan fingerprint density at radius 2 is 1.33 bits per heavy atom. The van der Waals surface area contributed by atoms with Gasteiger partial charge in [0.2, 0.25) is 0 Å². The summed E-state index contributed by atoms with van der Waals surface area (Å²) in [4.78, 5) is 2.55. The number of hydrogen-bond donors (Lipinski definition) is 0. The van der Waals surface area contributed by atoms with Gasteiger partial charge in [-0.3, -0.25) is 0 Å². The molecule has 0 spiro atoms. The monoisotopic (exact) mass is 736 g/mol. The maximum Gasteiger partial charge on any atom is 0.154 e. The molecule has 1 aliphatic heterocycles. The molecule has 0 N–H and O–H groups in total. The number of fused-ring (bicyclic) bond motifs is 9. The van der Waals surface area contributed by atoms with E-state index in [9.17, 15) is 0 Å². The smallest absolute Gasteiger partial charge is 0.154 e. The van der Waals surface area contributed by atoms with Crippen LogP contribution in [0.3, 0.4) is 0 Å². The van der Waals surface area contributed by atoms with Gasteiger partial charge < -0.3 is 13.9 Å². The largest absolute Gasteiger partial charge is 0.455 e. The maximum atomic E-state index is 6.66. The molecule has 6 aliphatic rings. The first-order chi connectivity index (χ1) is 28.3. The van der Waals surface area contributed by atoms with E-state index in [1.807, 2.05) is 0 Å². The first-order valence-electron chi connectivity index (χ1n) is 21.0. The molecule has 0 radical (unpaired) electrons. The van der Waals surface area contributed by atoms with Crippen molar-refractivity contribution in [2.45, 2.75) is 63.7 Å². The third-order valence-electron chi connectivity index (χ3n) is 13.1. The molecule has 5 aliphatic carbocycles. The van der Waals surface area contributed by atoms with Crippen LogP contribution in [0.2, 0.25) is 0 Å². The Labute approximate surface area is 334 Å². The van der Waals surface area contributed by atoms with E-state index in [1.54, 1.807) is 0 Å². The summed E-state index contributed by atoms with van der Waals surface area (Å²) in [6.07, 6.45) is 35.3. The Morgan fingerprint density at radius 1 is 0.579 bits per heavy atom. The lowest BCUT2D eigenvalue weighted by Crippen LogP contribution is -2.16. The van der Waals surface area contributed by atoms with Gasteiger partial charge in [0, 0.05) is 44.9 Å². The normalized spacial score (nSPS) is 19.4. The number of aromatic nitrogens is 1. The Morgan fingerprint density at radius 3 is 2.16 bits per heavy atom. The molecule has 1 unspecified atom stereocenters. The van der Waals surface area contributed by atoms with E-state index in [0.29, 0.717) is 0 Å². The molecule has 4 aromatic carbocycles. The van der Waals surface area contributed by atoms with Gasteiger partial charge in [-0.05, 0) is 151 Å².